The highest BCUT2D eigenvalue weighted by atomic mass is 35.5. The summed E-state index contributed by atoms with van der Waals surface area (Å²) in [7, 11) is 0. The average molecular weight is 414 g/mol. The summed E-state index contributed by atoms with van der Waals surface area (Å²) in [5.41, 5.74) is 1.94. The van der Waals surface area contributed by atoms with E-state index in [0.717, 1.165) is 54.7 Å². The Bertz CT molecular complexity index is 818. The lowest BCUT2D eigenvalue weighted by Gasteiger charge is -2.32. The first-order valence-corrected chi connectivity index (χ1v) is 10.8. The van der Waals surface area contributed by atoms with E-state index in [9.17, 15) is 4.79 Å². The molecule has 2 aromatic rings. The van der Waals surface area contributed by atoms with Gasteiger partial charge in [0.05, 0.1) is 17.4 Å². The Labute approximate surface area is 177 Å². The number of hydrogen-bond donors (Lipinski definition) is 2. The molecule has 1 aromatic carbocycles. The van der Waals surface area contributed by atoms with E-state index in [-0.39, 0.29) is 5.91 Å². The standard InChI is InChI=1S/C22H28ClN5O/c1-15(29)27-20-4-2-19(3-5-20)24-9-6-17-12-21(17)16-7-10-28(11-8-16)22-25-13-18(23)14-26-22/h2-5,13-14,16-17,21,24H,6-12H2,1H3,(H,27,29)/t17-,21?/m1/s1. The number of aromatic nitrogens is 2. The van der Waals surface area contributed by atoms with E-state index in [1.807, 2.05) is 24.3 Å². The van der Waals surface area contributed by atoms with Gasteiger partial charge in [0, 0.05) is 37.9 Å². The van der Waals surface area contributed by atoms with Crippen molar-refractivity contribution < 1.29 is 4.79 Å². The molecule has 1 aliphatic carbocycles. The van der Waals surface area contributed by atoms with Gasteiger partial charge >= 0.3 is 0 Å². The molecule has 0 radical (unpaired) electrons. The quantitative estimate of drug-likeness (QED) is 0.702. The van der Waals surface area contributed by atoms with Gasteiger partial charge in [0.25, 0.3) is 0 Å². The van der Waals surface area contributed by atoms with Crippen molar-refractivity contribution >= 4 is 34.8 Å². The van der Waals surface area contributed by atoms with Crippen LogP contribution in [0.2, 0.25) is 5.02 Å². The van der Waals surface area contributed by atoms with Crippen molar-refractivity contribution in [2.45, 2.75) is 32.6 Å². The van der Waals surface area contributed by atoms with Crippen LogP contribution in [-0.4, -0.2) is 35.5 Å². The van der Waals surface area contributed by atoms with E-state index < -0.39 is 0 Å². The molecule has 1 aliphatic heterocycles. The van der Waals surface area contributed by atoms with Gasteiger partial charge in [-0.1, -0.05) is 11.6 Å². The van der Waals surface area contributed by atoms with E-state index in [4.69, 9.17) is 11.6 Å². The molecule has 1 saturated carbocycles. The number of amides is 1. The lowest BCUT2D eigenvalue weighted by Crippen LogP contribution is -2.35. The third kappa shape index (κ3) is 5.38. The van der Waals surface area contributed by atoms with Crippen molar-refractivity contribution in [1.82, 2.24) is 9.97 Å². The van der Waals surface area contributed by atoms with Crippen LogP contribution in [0.1, 0.15) is 32.6 Å². The highest BCUT2D eigenvalue weighted by molar-refractivity contribution is 6.30. The predicted molar refractivity (Wildman–Crippen MR) is 117 cm³/mol. The Hall–Kier alpha value is -2.34. The monoisotopic (exact) mass is 413 g/mol. The van der Waals surface area contributed by atoms with Crippen LogP contribution in [0, 0.1) is 17.8 Å². The minimum absolute atomic E-state index is 0.0444. The number of halogens is 1. The van der Waals surface area contributed by atoms with Crippen molar-refractivity contribution in [1.29, 1.82) is 0 Å². The first-order chi connectivity index (χ1) is 14.1. The Morgan fingerprint density at radius 2 is 1.79 bits per heavy atom. The van der Waals surface area contributed by atoms with Gasteiger partial charge in [-0.15, -0.1) is 0 Å². The number of piperidine rings is 1. The predicted octanol–water partition coefficient (Wildman–Crippen LogP) is 4.44. The first-order valence-electron chi connectivity index (χ1n) is 10.4. The van der Waals surface area contributed by atoms with Crippen LogP contribution in [0.15, 0.2) is 36.7 Å². The number of rotatable bonds is 7. The average Bonchev–Trinajstić information content (AvgIpc) is 3.49. The van der Waals surface area contributed by atoms with Crippen LogP contribution in [0.5, 0.6) is 0 Å². The maximum Gasteiger partial charge on any atom is 0.225 e. The summed E-state index contributed by atoms with van der Waals surface area (Å²) in [5.74, 6) is 3.32. The summed E-state index contributed by atoms with van der Waals surface area (Å²) in [4.78, 5) is 22.0. The Kier molecular flexibility index (Phi) is 6.19. The highest BCUT2D eigenvalue weighted by Crippen LogP contribution is 2.49. The molecule has 1 amide bonds. The van der Waals surface area contributed by atoms with Crippen LogP contribution in [0.4, 0.5) is 17.3 Å². The first kappa shape index (κ1) is 20.0. The molecule has 29 heavy (non-hydrogen) atoms. The van der Waals surface area contributed by atoms with Gasteiger partial charge < -0.3 is 15.5 Å². The largest absolute Gasteiger partial charge is 0.385 e. The minimum atomic E-state index is -0.0444. The maximum atomic E-state index is 11.1. The fourth-order valence-electron chi connectivity index (χ4n) is 4.45. The lowest BCUT2D eigenvalue weighted by atomic mass is 9.90. The zero-order valence-electron chi connectivity index (χ0n) is 16.8. The number of anilines is 3. The van der Waals surface area contributed by atoms with Crippen molar-refractivity contribution in [3.63, 3.8) is 0 Å². The number of nitrogens with zero attached hydrogens (tertiary/aromatic N) is 3. The number of carbonyl (C=O) groups is 1. The molecule has 6 nitrogen and oxygen atoms in total. The summed E-state index contributed by atoms with van der Waals surface area (Å²) >= 11 is 5.88. The van der Waals surface area contributed by atoms with Gasteiger partial charge in [-0.25, -0.2) is 9.97 Å². The second-order valence-electron chi connectivity index (χ2n) is 8.16. The summed E-state index contributed by atoms with van der Waals surface area (Å²) < 4.78 is 0. The molecule has 1 unspecified atom stereocenters. The van der Waals surface area contributed by atoms with E-state index in [1.165, 1.54) is 32.6 Å². The molecule has 0 bridgehead atoms. The van der Waals surface area contributed by atoms with Crippen LogP contribution < -0.4 is 15.5 Å². The van der Waals surface area contributed by atoms with Crippen LogP contribution in [-0.2, 0) is 4.79 Å². The zero-order valence-corrected chi connectivity index (χ0v) is 17.5. The molecule has 2 aliphatic rings. The Morgan fingerprint density at radius 3 is 2.45 bits per heavy atom. The van der Waals surface area contributed by atoms with Gasteiger partial charge in [-0.05, 0) is 67.7 Å². The molecule has 2 fully saturated rings. The molecule has 2 atom stereocenters. The van der Waals surface area contributed by atoms with Crippen LogP contribution >= 0.6 is 11.6 Å². The van der Waals surface area contributed by atoms with E-state index in [1.54, 1.807) is 12.4 Å². The summed E-state index contributed by atoms with van der Waals surface area (Å²) in [6, 6.07) is 7.90. The molecule has 4 rings (SSSR count). The number of benzene rings is 1. The Morgan fingerprint density at radius 1 is 1.14 bits per heavy atom. The van der Waals surface area contributed by atoms with Crippen molar-refractivity contribution in [2.75, 3.05) is 35.2 Å². The van der Waals surface area contributed by atoms with E-state index in [0.29, 0.717) is 5.02 Å². The molecule has 2 N–H and O–H groups in total. The third-order valence-electron chi connectivity index (χ3n) is 6.06. The minimum Gasteiger partial charge on any atom is -0.385 e. The summed E-state index contributed by atoms with van der Waals surface area (Å²) in [6.07, 6.45) is 8.39. The maximum absolute atomic E-state index is 11.1. The lowest BCUT2D eigenvalue weighted by molar-refractivity contribution is -0.114. The van der Waals surface area contributed by atoms with E-state index in [2.05, 4.69) is 25.5 Å². The molecule has 0 spiro atoms. The number of hydrogen-bond acceptors (Lipinski definition) is 5. The number of carbonyl (C=O) groups excluding carboxylic acids is 1. The molecule has 7 heteroatoms. The second-order valence-corrected chi connectivity index (χ2v) is 8.60. The zero-order chi connectivity index (χ0) is 20.2. The smallest absolute Gasteiger partial charge is 0.225 e. The third-order valence-corrected chi connectivity index (χ3v) is 6.26. The number of nitrogens with one attached hydrogen (secondary N) is 2. The highest BCUT2D eigenvalue weighted by Gasteiger charge is 2.43. The molecule has 1 aromatic heterocycles. The topological polar surface area (TPSA) is 70.2 Å². The molecule has 154 valence electrons. The fraction of sp³-hybridized carbons (Fsp3) is 0.500. The molecular weight excluding hydrogens is 386 g/mol. The van der Waals surface area contributed by atoms with Gasteiger partial charge in [0.2, 0.25) is 11.9 Å². The Balaban J connectivity index is 1.16. The second kappa shape index (κ2) is 8.99. The fourth-order valence-corrected chi connectivity index (χ4v) is 4.55. The molecule has 1 saturated heterocycles. The summed E-state index contributed by atoms with van der Waals surface area (Å²) in [5, 5.41) is 6.88. The van der Waals surface area contributed by atoms with Crippen molar-refractivity contribution in [2.24, 2.45) is 17.8 Å². The SMILES string of the molecule is CC(=O)Nc1ccc(NCC[C@@H]2CC2C2CCN(c3ncc(Cl)cn3)CC2)cc1. The normalized spacial score (nSPS) is 21.7. The van der Waals surface area contributed by atoms with Crippen LogP contribution in [0.25, 0.3) is 0 Å². The van der Waals surface area contributed by atoms with Crippen molar-refractivity contribution in [3.8, 4) is 0 Å². The van der Waals surface area contributed by atoms with Crippen molar-refractivity contribution in [3.05, 3.63) is 41.7 Å². The van der Waals surface area contributed by atoms with Gasteiger partial charge in [0.1, 0.15) is 0 Å². The van der Waals surface area contributed by atoms with Gasteiger partial charge in [-0.2, -0.15) is 0 Å². The van der Waals surface area contributed by atoms with Crippen LogP contribution in [0.3, 0.4) is 0 Å². The molecule has 2 heterocycles. The molecular formula is C22H28ClN5O. The van der Waals surface area contributed by atoms with E-state index >= 15 is 0 Å². The van der Waals surface area contributed by atoms with Gasteiger partial charge in [-0.3, -0.25) is 4.79 Å². The van der Waals surface area contributed by atoms with Gasteiger partial charge in [0.15, 0.2) is 0 Å². The summed E-state index contributed by atoms with van der Waals surface area (Å²) in [6.45, 7) is 4.59.